The van der Waals surface area contributed by atoms with Crippen molar-refractivity contribution in [3.05, 3.63) is 53.3 Å². The van der Waals surface area contributed by atoms with Crippen LogP contribution in [0.25, 0.3) is 0 Å². The molecule has 0 radical (unpaired) electrons. The number of methoxy groups -OCH3 is 1. The predicted molar refractivity (Wildman–Crippen MR) is 100 cm³/mol. The highest BCUT2D eigenvalue weighted by Crippen LogP contribution is 2.44. The first-order valence-corrected chi connectivity index (χ1v) is 9.22. The lowest BCUT2D eigenvalue weighted by molar-refractivity contribution is 0.111. The number of fused-ring (bicyclic) bond motifs is 3. The molecule has 3 atom stereocenters. The van der Waals surface area contributed by atoms with Crippen molar-refractivity contribution < 1.29 is 14.6 Å². The molecule has 1 aliphatic carbocycles. The molecule has 0 bridgehead atoms. The van der Waals surface area contributed by atoms with Gasteiger partial charge in [-0.1, -0.05) is 0 Å². The maximum atomic E-state index is 10.2. The van der Waals surface area contributed by atoms with Crippen molar-refractivity contribution in [1.82, 2.24) is 4.98 Å². The molecule has 1 aromatic carbocycles. The van der Waals surface area contributed by atoms with E-state index in [0.29, 0.717) is 12.4 Å². The van der Waals surface area contributed by atoms with E-state index < -0.39 is 0 Å². The molecule has 136 valence electrons. The third-order valence-corrected chi connectivity index (χ3v) is 5.33. The Bertz CT molecular complexity index is 820. The van der Waals surface area contributed by atoms with Crippen molar-refractivity contribution in [2.75, 3.05) is 13.7 Å². The molecular formula is C21H24N2O3. The van der Waals surface area contributed by atoms with Crippen LogP contribution in [0.3, 0.4) is 0 Å². The maximum Gasteiger partial charge on any atom is 0.161 e. The van der Waals surface area contributed by atoms with Crippen molar-refractivity contribution in [3.63, 3.8) is 0 Å². The van der Waals surface area contributed by atoms with Gasteiger partial charge in [0.05, 0.1) is 31.6 Å². The summed E-state index contributed by atoms with van der Waals surface area (Å²) < 4.78 is 11.4. The molecular weight excluding hydrogens is 328 g/mol. The number of aromatic nitrogens is 1. The summed E-state index contributed by atoms with van der Waals surface area (Å²) in [6.07, 6.45) is 5.76. The zero-order chi connectivity index (χ0) is 18.1. The number of rotatable bonds is 4. The lowest BCUT2D eigenvalue weighted by Crippen LogP contribution is -2.34. The highest BCUT2D eigenvalue weighted by atomic mass is 16.5. The Morgan fingerprint density at radius 3 is 2.69 bits per heavy atom. The van der Waals surface area contributed by atoms with Crippen molar-refractivity contribution >= 4 is 5.71 Å². The van der Waals surface area contributed by atoms with Crippen LogP contribution >= 0.6 is 0 Å². The number of aliphatic hydroxyl groups is 1. The van der Waals surface area contributed by atoms with E-state index >= 15 is 0 Å². The minimum atomic E-state index is -0.264. The summed E-state index contributed by atoms with van der Waals surface area (Å²) in [7, 11) is 1.66. The van der Waals surface area contributed by atoms with Gasteiger partial charge in [0.15, 0.2) is 11.5 Å². The van der Waals surface area contributed by atoms with Gasteiger partial charge in [0.2, 0.25) is 0 Å². The molecule has 2 heterocycles. The number of benzene rings is 1. The molecule has 0 saturated heterocycles. The molecule has 4 rings (SSSR count). The van der Waals surface area contributed by atoms with E-state index in [1.54, 1.807) is 19.5 Å². The molecule has 2 aromatic rings. The van der Waals surface area contributed by atoms with E-state index in [1.807, 2.05) is 25.1 Å². The Balaban J connectivity index is 1.89. The van der Waals surface area contributed by atoms with E-state index in [-0.39, 0.29) is 18.1 Å². The van der Waals surface area contributed by atoms with Gasteiger partial charge in [-0.05, 0) is 56.0 Å². The second kappa shape index (κ2) is 7.08. The fraction of sp³-hybridized carbons (Fsp3) is 0.429. The van der Waals surface area contributed by atoms with Crippen LogP contribution in [0.2, 0.25) is 0 Å². The number of aliphatic imine (C=N–C) groups is 1. The molecule has 26 heavy (non-hydrogen) atoms. The van der Waals surface area contributed by atoms with Crippen molar-refractivity contribution in [1.29, 1.82) is 0 Å². The van der Waals surface area contributed by atoms with Crippen molar-refractivity contribution in [3.8, 4) is 11.5 Å². The first-order valence-electron chi connectivity index (χ1n) is 9.22. The second-order valence-electron chi connectivity index (χ2n) is 6.88. The van der Waals surface area contributed by atoms with E-state index in [1.165, 1.54) is 5.56 Å². The summed E-state index contributed by atoms with van der Waals surface area (Å²) in [5.41, 5.74) is 4.28. The SMILES string of the molecule is CCOc1cc2c(cc1OC)C(c1ccncc1)=NC1CCC(O)CC21. The number of pyridine rings is 1. The van der Waals surface area contributed by atoms with Crippen molar-refractivity contribution in [2.45, 2.75) is 44.2 Å². The highest BCUT2D eigenvalue weighted by Gasteiger charge is 2.37. The van der Waals surface area contributed by atoms with Gasteiger partial charge in [0.25, 0.3) is 0 Å². The number of hydrogen-bond donors (Lipinski definition) is 1. The Hall–Kier alpha value is -2.40. The number of nitrogens with zero attached hydrogens (tertiary/aromatic N) is 2. The average molecular weight is 352 g/mol. The standard InChI is InChI=1S/C21H24N2O3/c1-3-26-20-11-15-16-10-14(24)4-5-18(16)23-21(13-6-8-22-9-7-13)17(15)12-19(20)25-2/h6-9,11-12,14,16,18,24H,3-5,10H2,1-2H3. The summed E-state index contributed by atoms with van der Waals surface area (Å²) in [5, 5.41) is 10.2. The average Bonchev–Trinajstić information content (AvgIpc) is 2.68. The van der Waals surface area contributed by atoms with Crippen molar-refractivity contribution in [2.24, 2.45) is 4.99 Å². The van der Waals surface area contributed by atoms with Crippen LogP contribution in [0.15, 0.2) is 41.7 Å². The van der Waals surface area contributed by atoms with Crippen LogP contribution in [-0.4, -0.2) is 41.7 Å². The monoisotopic (exact) mass is 352 g/mol. The Labute approximate surface area is 153 Å². The Morgan fingerprint density at radius 2 is 1.96 bits per heavy atom. The molecule has 5 heteroatoms. The van der Waals surface area contributed by atoms with Crippen LogP contribution in [0.5, 0.6) is 11.5 Å². The zero-order valence-corrected chi connectivity index (χ0v) is 15.2. The molecule has 0 amide bonds. The van der Waals surface area contributed by atoms with Crippen LogP contribution in [0.1, 0.15) is 48.8 Å². The first-order chi connectivity index (χ1) is 12.7. The third-order valence-electron chi connectivity index (χ3n) is 5.33. The molecule has 1 N–H and O–H groups in total. The maximum absolute atomic E-state index is 10.2. The molecule has 2 aliphatic rings. The summed E-state index contributed by atoms with van der Waals surface area (Å²) in [4.78, 5) is 9.21. The number of ether oxygens (including phenoxy) is 2. The number of hydrogen-bond acceptors (Lipinski definition) is 5. The number of aliphatic hydroxyl groups excluding tert-OH is 1. The molecule has 0 spiro atoms. The molecule has 1 fully saturated rings. The second-order valence-corrected chi connectivity index (χ2v) is 6.88. The minimum absolute atomic E-state index is 0.192. The fourth-order valence-electron chi connectivity index (χ4n) is 4.11. The summed E-state index contributed by atoms with van der Waals surface area (Å²) in [6, 6.07) is 8.28. The van der Waals surface area contributed by atoms with Gasteiger partial charge < -0.3 is 14.6 Å². The van der Waals surface area contributed by atoms with Crippen LogP contribution in [-0.2, 0) is 0 Å². The molecule has 3 unspecified atom stereocenters. The van der Waals surface area contributed by atoms with Gasteiger partial charge in [-0.2, -0.15) is 0 Å². The van der Waals surface area contributed by atoms with Gasteiger partial charge in [-0.3, -0.25) is 9.98 Å². The predicted octanol–water partition coefficient (Wildman–Crippen LogP) is 3.34. The quantitative estimate of drug-likeness (QED) is 0.917. The normalized spacial score (nSPS) is 24.3. The summed E-state index contributed by atoms with van der Waals surface area (Å²) in [5.74, 6) is 1.68. The summed E-state index contributed by atoms with van der Waals surface area (Å²) in [6.45, 7) is 2.55. The lowest BCUT2D eigenvalue weighted by Gasteiger charge is -2.37. The smallest absolute Gasteiger partial charge is 0.161 e. The van der Waals surface area contributed by atoms with E-state index in [2.05, 4.69) is 11.1 Å². The first kappa shape index (κ1) is 17.0. The Kier molecular flexibility index (Phi) is 4.64. The largest absolute Gasteiger partial charge is 0.493 e. The van der Waals surface area contributed by atoms with Crippen LogP contribution < -0.4 is 9.47 Å². The van der Waals surface area contributed by atoms with Gasteiger partial charge >= 0.3 is 0 Å². The third kappa shape index (κ3) is 2.97. The van der Waals surface area contributed by atoms with Gasteiger partial charge in [-0.25, -0.2) is 0 Å². The molecule has 1 aliphatic heterocycles. The fourth-order valence-corrected chi connectivity index (χ4v) is 4.11. The van der Waals surface area contributed by atoms with Gasteiger partial charge in [0, 0.05) is 29.4 Å². The summed E-state index contributed by atoms with van der Waals surface area (Å²) >= 11 is 0. The lowest BCUT2D eigenvalue weighted by atomic mass is 9.74. The van der Waals surface area contributed by atoms with E-state index in [9.17, 15) is 5.11 Å². The van der Waals surface area contributed by atoms with Gasteiger partial charge in [-0.15, -0.1) is 0 Å². The molecule has 5 nitrogen and oxygen atoms in total. The Morgan fingerprint density at radius 1 is 1.15 bits per heavy atom. The minimum Gasteiger partial charge on any atom is -0.493 e. The highest BCUT2D eigenvalue weighted by molar-refractivity contribution is 6.14. The van der Waals surface area contributed by atoms with E-state index in [4.69, 9.17) is 14.5 Å². The topological polar surface area (TPSA) is 63.9 Å². The molecule has 1 aromatic heterocycles. The zero-order valence-electron chi connectivity index (χ0n) is 15.2. The van der Waals surface area contributed by atoms with Crippen LogP contribution in [0, 0.1) is 0 Å². The van der Waals surface area contributed by atoms with E-state index in [0.717, 1.165) is 41.9 Å². The molecule has 1 saturated carbocycles. The van der Waals surface area contributed by atoms with Gasteiger partial charge in [0.1, 0.15) is 0 Å². The van der Waals surface area contributed by atoms with Crippen LogP contribution in [0.4, 0.5) is 0 Å².